The third kappa shape index (κ3) is 14.7. The second-order valence-electron chi connectivity index (χ2n) is 7.41. The average molecular weight is 409 g/mol. The van der Waals surface area contributed by atoms with Gasteiger partial charge in [0.2, 0.25) is 0 Å². The highest BCUT2D eigenvalue weighted by Gasteiger charge is 2.00. The van der Waals surface area contributed by atoms with Gasteiger partial charge in [-0.15, -0.1) is 11.8 Å². The van der Waals surface area contributed by atoms with Crippen LogP contribution in [0.2, 0.25) is 0 Å². The highest BCUT2D eigenvalue weighted by Crippen LogP contribution is 2.19. The minimum absolute atomic E-state index is 0.0746. The van der Waals surface area contributed by atoms with Crippen LogP contribution in [0, 0.1) is 0 Å². The Hall–Kier alpha value is -1.36. The molecular formula is C23H40N2O2S. The number of aromatic hydroxyl groups is 1. The number of hydrogen-bond donors (Lipinski definition) is 3. The number of unbranched alkanes of at least 4 members (excludes halogenated alkanes) is 11. The zero-order chi connectivity index (χ0) is 20.3. The van der Waals surface area contributed by atoms with Crippen LogP contribution in [0.4, 0.5) is 4.79 Å². The molecule has 0 aliphatic carbocycles. The number of phenolic OH excluding ortho intramolecular Hbond substituents is 1. The van der Waals surface area contributed by atoms with E-state index in [1.807, 2.05) is 12.1 Å². The van der Waals surface area contributed by atoms with E-state index < -0.39 is 0 Å². The summed E-state index contributed by atoms with van der Waals surface area (Å²) >= 11 is 1.67. The second-order valence-corrected chi connectivity index (χ2v) is 8.58. The summed E-state index contributed by atoms with van der Waals surface area (Å²) in [4.78, 5) is 12.8. The first kappa shape index (κ1) is 24.7. The van der Waals surface area contributed by atoms with Crippen molar-refractivity contribution in [3.05, 3.63) is 24.3 Å². The lowest BCUT2D eigenvalue weighted by Crippen LogP contribution is -2.37. The Bertz CT molecular complexity index is 494. The first-order valence-electron chi connectivity index (χ1n) is 11.2. The highest BCUT2D eigenvalue weighted by atomic mass is 32.2. The van der Waals surface area contributed by atoms with Crippen LogP contribution in [-0.4, -0.2) is 30.0 Å². The molecular weight excluding hydrogens is 368 g/mol. The standard InChI is InChI=1S/C23H40N2O2S/c1-2-3-4-5-6-7-8-9-10-11-12-13-18-24-23(27)25-19-20-28-22-16-14-21(26)15-17-22/h14-17,26H,2-13,18-20H2,1H3,(H2,24,25,27). The van der Waals surface area contributed by atoms with E-state index in [0.717, 1.165) is 23.6 Å². The van der Waals surface area contributed by atoms with Gasteiger partial charge < -0.3 is 15.7 Å². The number of urea groups is 1. The van der Waals surface area contributed by atoms with Crippen molar-refractivity contribution in [3.63, 3.8) is 0 Å². The molecule has 5 heteroatoms. The van der Waals surface area contributed by atoms with Crippen molar-refractivity contribution in [1.82, 2.24) is 10.6 Å². The molecule has 3 N–H and O–H groups in total. The molecule has 0 atom stereocenters. The molecule has 0 fully saturated rings. The minimum Gasteiger partial charge on any atom is -0.508 e. The van der Waals surface area contributed by atoms with E-state index in [2.05, 4.69) is 17.6 Å². The molecule has 1 aromatic rings. The first-order valence-corrected chi connectivity index (χ1v) is 12.1. The van der Waals surface area contributed by atoms with Crippen molar-refractivity contribution in [2.75, 3.05) is 18.8 Å². The summed E-state index contributed by atoms with van der Waals surface area (Å²) in [6.07, 6.45) is 16.0. The molecule has 0 radical (unpaired) electrons. The fraction of sp³-hybridized carbons (Fsp3) is 0.696. The molecule has 0 unspecified atom stereocenters. The summed E-state index contributed by atoms with van der Waals surface area (Å²) < 4.78 is 0. The first-order chi connectivity index (χ1) is 13.7. The molecule has 0 aromatic heterocycles. The lowest BCUT2D eigenvalue weighted by atomic mass is 10.1. The van der Waals surface area contributed by atoms with E-state index in [4.69, 9.17) is 0 Å². The van der Waals surface area contributed by atoms with Crippen LogP contribution in [0.15, 0.2) is 29.2 Å². The predicted octanol–water partition coefficient (Wildman–Crippen LogP) is 6.48. The van der Waals surface area contributed by atoms with E-state index in [1.54, 1.807) is 23.9 Å². The van der Waals surface area contributed by atoms with E-state index in [-0.39, 0.29) is 11.8 Å². The van der Waals surface area contributed by atoms with Gasteiger partial charge in [-0.1, -0.05) is 77.6 Å². The van der Waals surface area contributed by atoms with Crippen molar-refractivity contribution < 1.29 is 9.90 Å². The molecule has 0 spiro atoms. The molecule has 160 valence electrons. The quantitative estimate of drug-likeness (QED) is 0.204. The number of carbonyl (C=O) groups is 1. The zero-order valence-corrected chi connectivity index (χ0v) is 18.5. The second kappa shape index (κ2) is 17.7. The topological polar surface area (TPSA) is 61.4 Å². The number of phenols is 1. The van der Waals surface area contributed by atoms with Gasteiger partial charge in [-0.2, -0.15) is 0 Å². The Morgan fingerprint density at radius 2 is 1.29 bits per heavy atom. The molecule has 4 nitrogen and oxygen atoms in total. The largest absolute Gasteiger partial charge is 0.508 e. The van der Waals surface area contributed by atoms with Gasteiger partial charge in [0.1, 0.15) is 5.75 Å². The maximum Gasteiger partial charge on any atom is 0.314 e. The maximum absolute atomic E-state index is 11.7. The summed E-state index contributed by atoms with van der Waals surface area (Å²) in [6, 6.07) is 7.05. The Morgan fingerprint density at radius 1 is 0.786 bits per heavy atom. The van der Waals surface area contributed by atoms with E-state index in [0.29, 0.717) is 6.54 Å². The molecule has 2 amide bonds. The number of hydrogen-bond acceptors (Lipinski definition) is 3. The lowest BCUT2D eigenvalue weighted by molar-refractivity contribution is 0.241. The summed E-state index contributed by atoms with van der Waals surface area (Å²) in [5.41, 5.74) is 0. The summed E-state index contributed by atoms with van der Waals surface area (Å²) in [5, 5.41) is 15.1. The molecule has 0 saturated heterocycles. The fourth-order valence-corrected chi connectivity index (χ4v) is 3.87. The number of amides is 2. The van der Waals surface area contributed by atoms with E-state index in [1.165, 1.54) is 70.6 Å². The number of benzene rings is 1. The number of rotatable bonds is 17. The normalized spacial score (nSPS) is 10.8. The van der Waals surface area contributed by atoms with Crippen molar-refractivity contribution >= 4 is 17.8 Å². The van der Waals surface area contributed by atoms with Gasteiger partial charge in [0.25, 0.3) is 0 Å². The smallest absolute Gasteiger partial charge is 0.314 e. The van der Waals surface area contributed by atoms with Crippen LogP contribution in [0.3, 0.4) is 0 Å². The maximum atomic E-state index is 11.7. The SMILES string of the molecule is CCCCCCCCCCCCCCNC(=O)NCCSc1ccc(O)cc1. The lowest BCUT2D eigenvalue weighted by Gasteiger charge is -2.08. The monoisotopic (exact) mass is 408 g/mol. The summed E-state index contributed by atoms with van der Waals surface area (Å²) in [6.45, 7) is 3.66. The minimum atomic E-state index is -0.0746. The molecule has 0 aliphatic heterocycles. The van der Waals surface area contributed by atoms with Gasteiger partial charge in [-0.3, -0.25) is 0 Å². The van der Waals surface area contributed by atoms with Crippen molar-refractivity contribution in [2.45, 2.75) is 88.9 Å². The number of nitrogens with one attached hydrogen (secondary N) is 2. The van der Waals surface area contributed by atoms with Gasteiger partial charge in [0.05, 0.1) is 0 Å². The molecule has 0 saturated carbocycles. The Balaban J connectivity index is 1.81. The van der Waals surface area contributed by atoms with Gasteiger partial charge in [-0.25, -0.2) is 4.79 Å². The molecule has 1 aromatic carbocycles. The van der Waals surface area contributed by atoms with Crippen LogP contribution >= 0.6 is 11.8 Å². The predicted molar refractivity (Wildman–Crippen MR) is 121 cm³/mol. The van der Waals surface area contributed by atoms with Gasteiger partial charge in [0, 0.05) is 23.7 Å². The van der Waals surface area contributed by atoms with E-state index >= 15 is 0 Å². The van der Waals surface area contributed by atoms with Crippen LogP contribution in [0.1, 0.15) is 84.0 Å². The zero-order valence-electron chi connectivity index (χ0n) is 17.7. The van der Waals surface area contributed by atoms with Crippen LogP contribution in [0.25, 0.3) is 0 Å². The van der Waals surface area contributed by atoms with Crippen LogP contribution in [0.5, 0.6) is 5.75 Å². The van der Waals surface area contributed by atoms with Crippen LogP contribution in [-0.2, 0) is 0 Å². The highest BCUT2D eigenvalue weighted by molar-refractivity contribution is 7.99. The van der Waals surface area contributed by atoms with E-state index in [9.17, 15) is 9.90 Å². The van der Waals surface area contributed by atoms with Crippen molar-refractivity contribution in [1.29, 1.82) is 0 Å². The molecule has 0 aliphatic rings. The van der Waals surface area contributed by atoms with Crippen molar-refractivity contribution in [2.24, 2.45) is 0 Å². The Morgan fingerprint density at radius 3 is 1.86 bits per heavy atom. The average Bonchev–Trinajstić information content (AvgIpc) is 2.70. The Labute approximate surface area is 176 Å². The molecule has 1 rings (SSSR count). The molecule has 0 heterocycles. The molecule has 28 heavy (non-hydrogen) atoms. The summed E-state index contributed by atoms with van der Waals surface area (Å²) in [5.74, 6) is 1.09. The van der Waals surface area contributed by atoms with Crippen LogP contribution < -0.4 is 10.6 Å². The number of carbonyl (C=O) groups excluding carboxylic acids is 1. The van der Waals surface area contributed by atoms with Gasteiger partial charge >= 0.3 is 6.03 Å². The van der Waals surface area contributed by atoms with Gasteiger partial charge in [0.15, 0.2) is 0 Å². The third-order valence-electron chi connectivity index (χ3n) is 4.81. The van der Waals surface area contributed by atoms with Crippen molar-refractivity contribution in [3.8, 4) is 5.75 Å². The fourth-order valence-electron chi connectivity index (χ4n) is 3.11. The summed E-state index contributed by atoms with van der Waals surface area (Å²) in [7, 11) is 0. The Kier molecular flexibility index (Phi) is 15.6. The molecule has 0 bridgehead atoms. The number of thioether (sulfide) groups is 1. The third-order valence-corrected chi connectivity index (χ3v) is 5.82. The van der Waals surface area contributed by atoms with Gasteiger partial charge in [-0.05, 0) is 30.7 Å².